The fourth-order valence-electron chi connectivity index (χ4n) is 0.360. The van der Waals surface area contributed by atoms with Crippen LogP contribution in [0, 0.1) is 0 Å². The predicted molar refractivity (Wildman–Crippen MR) is 27.9 cm³/mol. The van der Waals surface area contributed by atoms with Crippen LogP contribution in [0.1, 0.15) is 6.92 Å². The first-order valence-electron chi connectivity index (χ1n) is 2.19. The van der Waals surface area contributed by atoms with Crippen LogP contribution in [-0.4, -0.2) is 0 Å². The lowest BCUT2D eigenvalue weighted by Gasteiger charge is -1.84. The molecule has 1 rings (SSSR count). The molecule has 0 saturated heterocycles. The van der Waals surface area contributed by atoms with Crippen molar-refractivity contribution in [1.29, 1.82) is 0 Å². The lowest BCUT2D eigenvalue weighted by Crippen LogP contribution is -1.70. The largest absolute Gasteiger partial charge is 0.196 e. The van der Waals surface area contributed by atoms with Gasteiger partial charge in [-0.2, -0.15) is 4.39 Å². The number of rotatable bonds is 0. The first-order chi connectivity index (χ1) is 3.80. The molecule has 1 aliphatic carbocycles. The molecule has 0 aliphatic heterocycles. The van der Waals surface area contributed by atoms with E-state index >= 15 is 0 Å². The van der Waals surface area contributed by atoms with Crippen molar-refractivity contribution < 1.29 is 4.39 Å². The first-order valence-corrected chi connectivity index (χ1v) is 2.19. The van der Waals surface area contributed by atoms with Crippen molar-refractivity contribution in [3.63, 3.8) is 0 Å². The standard InChI is InChI=1S/C7H3F/c1-6-4-2-3-5-7(6)8/h1H3. The second-order valence-corrected chi connectivity index (χ2v) is 1.44. The zero-order valence-corrected chi connectivity index (χ0v) is 4.38. The van der Waals surface area contributed by atoms with E-state index in [4.69, 9.17) is 0 Å². The van der Waals surface area contributed by atoms with E-state index in [-0.39, 0.29) is 0 Å². The molecule has 0 unspecified atom stereocenters. The summed E-state index contributed by atoms with van der Waals surface area (Å²) in [6.45, 7) is 1.61. The highest BCUT2D eigenvalue weighted by molar-refractivity contribution is 5.23. The van der Waals surface area contributed by atoms with Crippen molar-refractivity contribution in [3.8, 4) is 0 Å². The maximum absolute atomic E-state index is 12.2. The van der Waals surface area contributed by atoms with Crippen molar-refractivity contribution in [3.05, 3.63) is 34.3 Å². The molecule has 0 fully saturated rings. The fraction of sp³-hybridized carbons (Fsp3) is 0.143. The molecule has 0 saturated carbocycles. The minimum Gasteiger partial charge on any atom is -0.196 e. The summed E-state index contributed by atoms with van der Waals surface area (Å²) in [6, 6.07) is 0. The van der Waals surface area contributed by atoms with Crippen LogP contribution >= 0.6 is 0 Å². The molecule has 1 heteroatoms. The summed E-state index contributed by atoms with van der Waals surface area (Å²) >= 11 is 0. The lowest BCUT2D eigenvalue weighted by molar-refractivity contribution is 0.654. The fourth-order valence-corrected chi connectivity index (χ4v) is 0.360. The summed E-state index contributed by atoms with van der Waals surface area (Å²) < 4.78 is 12.2. The molecule has 0 bridgehead atoms. The third-order valence-corrected chi connectivity index (χ3v) is 0.814. The van der Waals surface area contributed by atoms with E-state index < -0.39 is 5.83 Å². The van der Waals surface area contributed by atoms with Gasteiger partial charge in [-0.3, -0.25) is 0 Å². The van der Waals surface area contributed by atoms with Gasteiger partial charge in [0.2, 0.25) is 0 Å². The third kappa shape index (κ3) is 0.718. The summed E-state index contributed by atoms with van der Waals surface area (Å²) in [5.74, 6) is -0.399. The van der Waals surface area contributed by atoms with Crippen LogP contribution in [0.5, 0.6) is 0 Å². The second-order valence-electron chi connectivity index (χ2n) is 1.44. The van der Waals surface area contributed by atoms with E-state index in [1.54, 1.807) is 6.92 Å². The maximum Gasteiger partial charge on any atom is 0.185 e. The quantitative estimate of drug-likeness (QED) is 0.413. The van der Waals surface area contributed by atoms with E-state index in [0.717, 1.165) is 0 Å². The van der Waals surface area contributed by atoms with Crippen LogP contribution in [0.4, 0.5) is 4.39 Å². The molecule has 0 aromatic carbocycles. The van der Waals surface area contributed by atoms with E-state index in [1.807, 2.05) is 0 Å². The molecule has 0 radical (unpaired) electrons. The summed E-state index contributed by atoms with van der Waals surface area (Å²) in [6.07, 6.45) is 0. The molecule has 0 heterocycles. The van der Waals surface area contributed by atoms with Gasteiger partial charge in [0.25, 0.3) is 0 Å². The maximum atomic E-state index is 12.2. The van der Waals surface area contributed by atoms with Crippen LogP contribution in [-0.2, 0) is 0 Å². The Morgan fingerprint density at radius 3 is 2.25 bits per heavy atom. The van der Waals surface area contributed by atoms with Gasteiger partial charge in [-0.15, -0.1) is 0 Å². The SMILES string of the molecule is CC1=C=C=C=C=C1F. The van der Waals surface area contributed by atoms with Crippen molar-refractivity contribution in [1.82, 2.24) is 0 Å². The summed E-state index contributed by atoms with van der Waals surface area (Å²) in [5.41, 5.74) is 9.94. The van der Waals surface area contributed by atoms with Gasteiger partial charge >= 0.3 is 0 Å². The second kappa shape index (κ2) is 1.72. The highest BCUT2D eigenvalue weighted by atomic mass is 19.1. The Morgan fingerprint density at radius 2 is 1.88 bits per heavy atom. The molecular weight excluding hydrogens is 103 g/mol. The number of halogens is 1. The Kier molecular flexibility index (Phi) is 1.06. The zero-order chi connectivity index (χ0) is 5.98. The van der Waals surface area contributed by atoms with E-state index in [9.17, 15) is 4.39 Å². The molecule has 0 amide bonds. The Hall–Kier alpha value is -1.21. The monoisotopic (exact) mass is 106 g/mol. The van der Waals surface area contributed by atoms with Crippen LogP contribution in [0.3, 0.4) is 0 Å². The Morgan fingerprint density at radius 1 is 1.25 bits per heavy atom. The summed E-state index contributed by atoms with van der Waals surface area (Å²) in [4.78, 5) is 0. The molecule has 0 aromatic rings. The third-order valence-electron chi connectivity index (χ3n) is 0.814. The van der Waals surface area contributed by atoms with Gasteiger partial charge in [-0.25, -0.2) is 0 Å². The van der Waals surface area contributed by atoms with Gasteiger partial charge in [0.15, 0.2) is 5.83 Å². The number of hydrogen-bond acceptors (Lipinski definition) is 0. The van der Waals surface area contributed by atoms with Crippen molar-refractivity contribution in [2.45, 2.75) is 6.92 Å². The average Bonchev–Trinajstić information content (AvgIpc) is 1.77. The van der Waals surface area contributed by atoms with Crippen molar-refractivity contribution in [2.75, 3.05) is 0 Å². The van der Waals surface area contributed by atoms with E-state index in [2.05, 4.69) is 22.9 Å². The normalized spacial score (nSPS) is 13.8. The molecule has 8 heavy (non-hydrogen) atoms. The van der Waals surface area contributed by atoms with Gasteiger partial charge in [-0.1, -0.05) is 5.73 Å². The van der Waals surface area contributed by atoms with Crippen molar-refractivity contribution >= 4 is 0 Å². The molecule has 1 aliphatic rings. The molecule has 0 N–H and O–H groups in total. The first kappa shape index (κ1) is 4.94. The summed E-state index contributed by atoms with van der Waals surface area (Å²) in [5, 5.41) is 0. The topological polar surface area (TPSA) is 0 Å². The Labute approximate surface area is 46.6 Å². The van der Waals surface area contributed by atoms with Gasteiger partial charge in [0.1, 0.15) is 0 Å². The molecule has 0 atom stereocenters. The molecule has 0 nitrogen and oxygen atoms in total. The van der Waals surface area contributed by atoms with E-state index in [0.29, 0.717) is 5.57 Å². The van der Waals surface area contributed by atoms with E-state index in [1.165, 1.54) is 0 Å². The minimum absolute atomic E-state index is 0.399. The minimum atomic E-state index is -0.399. The predicted octanol–water partition coefficient (Wildman–Crippen LogP) is 1.86. The average molecular weight is 106 g/mol. The molecule has 0 spiro atoms. The van der Waals surface area contributed by atoms with Crippen LogP contribution in [0.15, 0.2) is 34.3 Å². The Balaban J connectivity index is 3.44. The summed E-state index contributed by atoms with van der Waals surface area (Å²) in [7, 11) is 0. The highest BCUT2D eigenvalue weighted by Crippen LogP contribution is 2.06. The zero-order valence-electron chi connectivity index (χ0n) is 4.38. The number of hydrogen-bond donors (Lipinski definition) is 0. The smallest absolute Gasteiger partial charge is 0.185 e. The van der Waals surface area contributed by atoms with Crippen LogP contribution in [0.2, 0.25) is 0 Å². The highest BCUT2D eigenvalue weighted by Gasteiger charge is 1.93. The molecule has 38 valence electrons. The lowest BCUT2D eigenvalue weighted by atomic mass is 10.3. The van der Waals surface area contributed by atoms with Gasteiger partial charge in [-0.05, 0) is 24.1 Å². The van der Waals surface area contributed by atoms with Crippen LogP contribution < -0.4 is 0 Å². The van der Waals surface area contributed by atoms with Crippen molar-refractivity contribution in [2.24, 2.45) is 0 Å². The van der Waals surface area contributed by atoms with Gasteiger partial charge < -0.3 is 0 Å². The number of allylic oxidation sites excluding steroid dienone is 2. The molecule has 0 aromatic heterocycles. The Bertz CT molecular complexity index is 242. The van der Waals surface area contributed by atoms with Gasteiger partial charge in [0, 0.05) is 5.57 Å². The van der Waals surface area contributed by atoms with Gasteiger partial charge in [0.05, 0.1) is 0 Å². The van der Waals surface area contributed by atoms with Crippen LogP contribution in [0.25, 0.3) is 0 Å². The molecular formula is C7H3F.